The van der Waals surface area contributed by atoms with Crippen LogP contribution in [0.5, 0.6) is 5.75 Å². The molecule has 1 N–H and O–H groups in total. The summed E-state index contributed by atoms with van der Waals surface area (Å²) in [4.78, 5) is 29.2. The van der Waals surface area contributed by atoms with Crippen LogP contribution in [0, 0.1) is 5.82 Å². The van der Waals surface area contributed by atoms with Crippen molar-refractivity contribution in [3.63, 3.8) is 0 Å². The summed E-state index contributed by atoms with van der Waals surface area (Å²) in [5, 5.41) is 10.9. The Labute approximate surface area is 175 Å². The molecule has 2 aromatic rings. The lowest BCUT2D eigenvalue weighted by Crippen LogP contribution is -2.32. The number of methoxy groups -OCH3 is 1. The second-order valence-corrected chi connectivity index (χ2v) is 7.43. The molecule has 0 aromatic heterocycles. The number of carbonyl (C=O) groups excluding carboxylic acids is 2. The Bertz CT molecular complexity index is 952. The van der Waals surface area contributed by atoms with Crippen LogP contribution in [0.3, 0.4) is 0 Å². The van der Waals surface area contributed by atoms with Gasteiger partial charge in [-0.25, -0.2) is 4.39 Å². The molecule has 1 heterocycles. The number of rotatable bonds is 7. The fraction of sp³-hybridized carbons (Fsp3) is 0.304. The molecule has 6 nitrogen and oxygen atoms in total. The largest absolute Gasteiger partial charge is 0.507 e. The third-order valence-electron chi connectivity index (χ3n) is 5.09. The molecule has 2 aromatic carbocycles. The zero-order valence-corrected chi connectivity index (χ0v) is 17.3. The van der Waals surface area contributed by atoms with Crippen molar-refractivity contribution >= 4 is 17.4 Å². The number of carbonyl (C=O) groups is 2. The highest BCUT2D eigenvalue weighted by molar-refractivity contribution is 6.46. The van der Waals surface area contributed by atoms with Crippen LogP contribution in [0.1, 0.15) is 23.6 Å². The lowest BCUT2D eigenvalue weighted by molar-refractivity contribution is -0.139. The van der Waals surface area contributed by atoms with E-state index in [1.807, 2.05) is 19.0 Å². The van der Waals surface area contributed by atoms with Crippen molar-refractivity contribution < 1.29 is 23.8 Å². The van der Waals surface area contributed by atoms with Gasteiger partial charge in [-0.3, -0.25) is 9.59 Å². The second kappa shape index (κ2) is 9.09. The van der Waals surface area contributed by atoms with E-state index >= 15 is 0 Å². The van der Waals surface area contributed by atoms with Crippen molar-refractivity contribution in [1.29, 1.82) is 0 Å². The van der Waals surface area contributed by atoms with Crippen molar-refractivity contribution in [2.75, 3.05) is 34.3 Å². The summed E-state index contributed by atoms with van der Waals surface area (Å²) in [7, 11) is 5.42. The fourth-order valence-electron chi connectivity index (χ4n) is 3.56. The first-order valence-electron chi connectivity index (χ1n) is 9.66. The van der Waals surface area contributed by atoms with Crippen LogP contribution >= 0.6 is 0 Å². The van der Waals surface area contributed by atoms with Crippen LogP contribution in [0.4, 0.5) is 4.39 Å². The van der Waals surface area contributed by atoms with E-state index in [2.05, 4.69) is 0 Å². The van der Waals surface area contributed by atoms with Gasteiger partial charge in [0.2, 0.25) is 0 Å². The van der Waals surface area contributed by atoms with Gasteiger partial charge in [-0.05, 0) is 69.0 Å². The lowest BCUT2D eigenvalue weighted by atomic mass is 9.95. The summed E-state index contributed by atoms with van der Waals surface area (Å²) in [5.74, 6) is -1.53. The zero-order chi connectivity index (χ0) is 21.8. The third-order valence-corrected chi connectivity index (χ3v) is 5.09. The Kier molecular flexibility index (Phi) is 6.52. The van der Waals surface area contributed by atoms with Crippen LogP contribution in [-0.4, -0.2) is 60.9 Å². The molecule has 30 heavy (non-hydrogen) atoms. The molecule has 1 unspecified atom stereocenters. The van der Waals surface area contributed by atoms with Gasteiger partial charge in [0.05, 0.1) is 18.7 Å². The maximum atomic E-state index is 13.3. The van der Waals surface area contributed by atoms with E-state index in [1.54, 1.807) is 31.4 Å². The highest BCUT2D eigenvalue weighted by Crippen LogP contribution is 2.39. The fourth-order valence-corrected chi connectivity index (χ4v) is 3.56. The molecule has 0 radical (unpaired) electrons. The lowest BCUT2D eigenvalue weighted by Gasteiger charge is -2.26. The molecule has 0 spiro atoms. The number of amides is 1. The van der Waals surface area contributed by atoms with Crippen LogP contribution in [0.15, 0.2) is 54.1 Å². The summed E-state index contributed by atoms with van der Waals surface area (Å²) in [5.41, 5.74) is 0.964. The average Bonchev–Trinajstić information content (AvgIpc) is 2.98. The van der Waals surface area contributed by atoms with E-state index in [9.17, 15) is 19.1 Å². The van der Waals surface area contributed by atoms with Gasteiger partial charge in [-0.1, -0.05) is 12.1 Å². The Morgan fingerprint density at radius 3 is 2.30 bits per heavy atom. The minimum atomic E-state index is -0.748. The molecule has 1 atom stereocenters. The number of ketones is 1. The summed E-state index contributed by atoms with van der Waals surface area (Å²) in [6, 6.07) is 11.5. The second-order valence-electron chi connectivity index (χ2n) is 7.43. The molecule has 1 saturated heterocycles. The molecule has 3 rings (SSSR count). The Balaban J connectivity index is 2.07. The minimum Gasteiger partial charge on any atom is -0.507 e. The SMILES string of the molecule is COc1ccc(C2/C(=C(/O)c3ccc(F)cc3)C(=O)C(=O)N2CCCN(C)C)cc1. The third kappa shape index (κ3) is 4.36. The summed E-state index contributed by atoms with van der Waals surface area (Å²) >= 11 is 0. The van der Waals surface area contributed by atoms with E-state index in [0.29, 0.717) is 24.3 Å². The van der Waals surface area contributed by atoms with Gasteiger partial charge in [0.1, 0.15) is 17.3 Å². The maximum absolute atomic E-state index is 13.3. The molecular formula is C23H25FN2O4. The Morgan fingerprint density at radius 1 is 1.10 bits per heavy atom. The first-order valence-corrected chi connectivity index (χ1v) is 9.66. The number of likely N-dealkylation sites (tertiary alicyclic amines) is 1. The van der Waals surface area contributed by atoms with Gasteiger partial charge in [-0.15, -0.1) is 0 Å². The summed E-state index contributed by atoms with van der Waals surface area (Å²) in [6.45, 7) is 1.11. The predicted octanol–water partition coefficient (Wildman–Crippen LogP) is 3.21. The van der Waals surface area contributed by atoms with E-state index in [4.69, 9.17) is 4.74 Å². The molecule has 0 aliphatic carbocycles. The topological polar surface area (TPSA) is 70.1 Å². The number of hydrogen-bond acceptors (Lipinski definition) is 5. The minimum absolute atomic E-state index is 0.00151. The van der Waals surface area contributed by atoms with Gasteiger partial charge < -0.3 is 19.6 Å². The molecule has 1 aliphatic rings. The van der Waals surface area contributed by atoms with Crippen LogP contribution in [0.2, 0.25) is 0 Å². The van der Waals surface area contributed by atoms with Crippen LogP contribution in [-0.2, 0) is 9.59 Å². The Morgan fingerprint density at radius 2 is 1.73 bits per heavy atom. The molecule has 158 valence electrons. The van der Waals surface area contributed by atoms with Gasteiger partial charge in [0.25, 0.3) is 11.7 Å². The molecule has 0 bridgehead atoms. The predicted molar refractivity (Wildman–Crippen MR) is 112 cm³/mol. The number of benzene rings is 2. The van der Waals surface area contributed by atoms with E-state index in [-0.39, 0.29) is 16.9 Å². The summed E-state index contributed by atoms with van der Waals surface area (Å²) < 4.78 is 18.5. The number of aliphatic hydroxyl groups excluding tert-OH is 1. The average molecular weight is 412 g/mol. The molecule has 1 fully saturated rings. The van der Waals surface area contributed by atoms with Crippen molar-refractivity contribution in [1.82, 2.24) is 9.80 Å². The maximum Gasteiger partial charge on any atom is 0.295 e. The van der Waals surface area contributed by atoms with Gasteiger partial charge in [0.15, 0.2) is 0 Å². The van der Waals surface area contributed by atoms with E-state index < -0.39 is 23.5 Å². The number of ether oxygens (including phenoxy) is 1. The van der Waals surface area contributed by atoms with Crippen LogP contribution in [0.25, 0.3) is 5.76 Å². The number of hydrogen-bond donors (Lipinski definition) is 1. The molecule has 1 aliphatic heterocycles. The highest BCUT2D eigenvalue weighted by atomic mass is 19.1. The van der Waals surface area contributed by atoms with Crippen molar-refractivity contribution in [2.45, 2.75) is 12.5 Å². The number of Topliss-reactive ketones (excluding diaryl/α,β-unsaturated/α-hetero) is 1. The summed E-state index contributed by atoms with van der Waals surface area (Å²) in [6.07, 6.45) is 0.670. The van der Waals surface area contributed by atoms with Crippen molar-refractivity contribution in [2.24, 2.45) is 0 Å². The van der Waals surface area contributed by atoms with Gasteiger partial charge in [0, 0.05) is 12.1 Å². The van der Waals surface area contributed by atoms with E-state index in [1.165, 1.54) is 29.2 Å². The smallest absolute Gasteiger partial charge is 0.295 e. The normalized spacial score (nSPS) is 18.3. The number of aliphatic hydroxyl groups is 1. The highest BCUT2D eigenvalue weighted by Gasteiger charge is 2.45. The Hall–Kier alpha value is -3.19. The van der Waals surface area contributed by atoms with E-state index in [0.717, 1.165) is 6.54 Å². The number of nitrogens with zero attached hydrogens (tertiary/aromatic N) is 2. The van der Waals surface area contributed by atoms with Gasteiger partial charge in [-0.2, -0.15) is 0 Å². The number of halogens is 1. The first-order chi connectivity index (χ1) is 14.3. The zero-order valence-electron chi connectivity index (χ0n) is 17.3. The van der Waals surface area contributed by atoms with Crippen molar-refractivity contribution in [3.05, 3.63) is 71.0 Å². The quantitative estimate of drug-likeness (QED) is 0.430. The molecule has 1 amide bonds. The van der Waals surface area contributed by atoms with Crippen LogP contribution < -0.4 is 4.74 Å². The standard InChI is InChI=1S/C23H25FN2O4/c1-25(2)13-4-14-26-20(15-7-11-18(30-3)12-8-15)19(22(28)23(26)29)21(27)16-5-9-17(24)10-6-16/h5-12,20,27H,4,13-14H2,1-3H3/b21-19-. The molecule has 7 heteroatoms. The molecular weight excluding hydrogens is 387 g/mol. The monoisotopic (exact) mass is 412 g/mol. The molecule has 0 saturated carbocycles. The van der Waals surface area contributed by atoms with Crippen molar-refractivity contribution in [3.8, 4) is 5.75 Å². The van der Waals surface area contributed by atoms with Gasteiger partial charge >= 0.3 is 0 Å². The first kappa shape index (κ1) is 21.5.